The number of benzene rings is 1. The van der Waals surface area contributed by atoms with E-state index < -0.39 is 0 Å². The van der Waals surface area contributed by atoms with Gasteiger partial charge in [-0.3, -0.25) is 0 Å². The lowest BCUT2D eigenvalue weighted by Crippen LogP contribution is -2.18. The summed E-state index contributed by atoms with van der Waals surface area (Å²) in [5.41, 5.74) is 1.01. The number of anilines is 1. The van der Waals surface area contributed by atoms with Gasteiger partial charge in [0.1, 0.15) is 5.75 Å². The zero-order valence-electron chi connectivity index (χ0n) is 8.70. The van der Waals surface area contributed by atoms with Crippen LogP contribution in [0.15, 0.2) is 24.3 Å². The first-order chi connectivity index (χ1) is 6.66. The van der Waals surface area contributed by atoms with Crippen LogP contribution >= 0.6 is 0 Å². The zero-order chi connectivity index (χ0) is 10.1. The van der Waals surface area contributed by atoms with E-state index in [1.165, 1.54) is 6.42 Å². The second-order valence-electron chi connectivity index (χ2n) is 4.36. The minimum Gasteiger partial charge on any atom is -0.508 e. The smallest absolute Gasteiger partial charge is 0.117 e. The van der Waals surface area contributed by atoms with Crippen LogP contribution in [0.2, 0.25) is 0 Å². The minimum atomic E-state index is 0.325. The number of phenols is 1. The first-order valence-corrected chi connectivity index (χ1v) is 5.22. The highest BCUT2D eigenvalue weighted by Gasteiger charge is 2.36. The Labute approximate surface area is 85.0 Å². The van der Waals surface area contributed by atoms with Crippen molar-refractivity contribution >= 4 is 5.69 Å². The summed E-state index contributed by atoms with van der Waals surface area (Å²) >= 11 is 0. The molecule has 0 spiro atoms. The fourth-order valence-corrected chi connectivity index (χ4v) is 2.01. The molecule has 3 atom stereocenters. The van der Waals surface area contributed by atoms with Crippen molar-refractivity contribution in [2.75, 3.05) is 5.32 Å². The summed E-state index contributed by atoms with van der Waals surface area (Å²) in [6.07, 6.45) is 1.33. The topological polar surface area (TPSA) is 32.3 Å². The van der Waals surface area contributed by atoms with E-state index in [1.807, 2.05) is 12.1 Å². The number of rotatable bonds is 3. The Morgan fingerprint density at radius 3 is 2.79 bits per heavy atom. The van der Waals surface area contributed by atoms with E-state index in [0.29, 0.717) is 11.8 Å². The molecule has 1 aliphatic carbocycles. The molecule has 1 saturated carbocycles. The van der Waals surface area contributed by atoms with Gasteiger partial charge in [0.15, 0.2) is 0 Å². The van der Waals surface area contributed by atoms with Crippen molar-refractivity contribution in [3.05, 3.63) is 24.3 Å². The Morgan fingerprint density at radius 2 is 2.21 bits per heavy atom. The Morgan fingerprint density at radius 1 is 1.50 bits per heavy atom. The molecule has 76 valence electrons. The predicted octanol–water partition coefficient (Wildman–Crippen LogP) is 2.85. The first-order valence-electron chi connectivity index (χ1n) is 5.22. The van der Waals surface area contributed by atoms with Crippen LogP contribution in [-0.4, -0.2) is 11.1 Å². The minimum absolute atomic E-state index is 0.325. The molecule has 3 unspecified atom stereocenters. The van der Waals surface area contributed by atoms with Crippen LogP contribution in [0.1, 0.15) is 20.3 Å². The van der Waals surface area contributed by atoms with Gasteiger partial charge in [-0.2, -0.15) is 0 Å². The predicted molar refractivity (Wildman–Crippen MR) is 58.5 cm³/mol. The number of aromatic hydroxyl groups is 1. The average Bonchev–Trinajstić information content (AvgIpc) is 2.82. The van der Waals surface area contributed by atoms with Gasteiger partial charge in [0, 0.05) is 17.8 Å². The van der Waals surface area contributed by atoms with Crippen molar-refractivity contribution in [3.8, 4) is 5.75 Å². The molecule has 1 aromatic rings. The van der Waals surface area contributed by atoms with E-state index in [4.69, 9.17) is 0 Å². The van der Waals surface area contributed by atoms with E-state index in [-0.39, 0.29) is 0 Å². The van der Waals surface area contributed by atoms with Gasteiger partial charge in [-0.25, -0.2) is 0 Å². The lowest BCUT2D eigenvalue weighted by molar-refractivity contribution is 0.475. The van der Waals surface area contributed by atoms with Crippen LogP contribution in [0.3, 0.4) is 0 Å². The van der Waals surface area contributed by atoms with Gasteiger partial charge < -0.3 is 10.4 Å². The van der Waals surface area contributed by atoms with E-state index in [2.05, 4.69) is 19.2 Å². The molecule has 0 radical (unpaired) electrons. The molecular formula is C12H17NO. The van der Waals surface area contributed by atoms with Gasteiger partial charge in [0.2, 0.25) is 0 Å². The van der Waals surface area contributed by atoms with Crippen LogP contribution in [0.25, 0.3) is 0 Å². The van der Waals surface area contributed by atoms with Crippen molar-refractivity contribution in [2.24, 2.45) is 11.8 Å². The Kier molecular flexibility index (Phi) is 2.36. The molecule has 2 rings (SSSR count). The molecule has 1 aromatic carbocycles. The standard InChI is InChI=1S/C12H17NO/c1-8-6-12(8)9(2)13-10-4-3-5-11(14)7-10/h3-5,7-9,12-14H,6H2,1-2H3. The van der Waals surface area contributed by atoms with Gasteiger partial charge in [-0.05, 0) is 37.3 Å². The molecule has 2 nitrogen and oxygen atoms in total. The number of hydrogen-bond donors (Lipinski definition) is 2. The van der Waals surface area contributed by atoms with Crippen molar-refractivity contribution in [3.63, 3.8) is 0 Å². The fourth-order valence-electron chi connectivity index (χ4n) is 2.01. The lowest BCUT2D eigenvalue weighted by Gasteiger charge is -2.14. The summed E-state index contributed by atoms with van der Waals surface area (Å²) in [5, 5.41) is 12.7. The molecule has 2 heteroatoms. The van der Waals surface area contributed by atoms with Crippen LogP contribution in [-0.2, 0) is 0 Å². The highest BCUT2D eigenvalue weighted by Crippen LogP contribution is 2.41. The maximum Gasteiger partial charge on any atom is 0.117 e. The third-order valence-electron chi connectivity index (χ3n) is 3.05. The van der Waals surface area contributed by atoms with Gasteiger partial charge in [-0.1, -0.05) is 13.0 Å². The largest absolute Gasteiger partial charge is 0.508 e. The van der Waals surface area contributed by atoms with Crippen molar-refractivity contribution in [1.82, 2.24) is 0 Å². The van der Waals surface area contributed by atoms with Gasteiger partial charge >= 0.3 is 0 Å². The van der Waals surface area contributed by atoms with Crippen LogP contribution < -0.4 is 5.32 Å². The summed E-state index contributed by atoms with van der Waals surface area (Å²) in [6, 6.07) is 7.81. The molecule has 1 aliphatic rings. The Balaban J connectivity index is 1.96. The average molecular weight is 191 g/mol. The van der Waals surface area contributed by atoms with E-state index in [9.17, 15) is 5.11 Å². The molecule has 1 fully saturated rings. The SMILES string of the molecule is CC1CC1C(C)Nc1cccc(O)c1. The highest BCUT2D eigenvalue weighted by atomic mass is 16.3. The van der Waals surface area contributed by atoms with Crippen LogP contribution in [0, 0.1) is 11.8 Å². The van der Waals surface area contributed by atoms with E-state index >= 15 is 0 Å². The maximum absolute atomic E-state index is 9.29. The molecular weight excluding hydrogens is 174 g/mol. The highest BCUT2D eigenvalue weighted by molar-refractivity contribution is 5.48. The number of phenolic OH excluding ortho intramolecular Hbond substituents is 1. The fraction of sp³-hybridized carbons (Fsp3) is 0.500. The quantitative estimate of drug-likeness (QED) is 0.770. The van der Waals surface area contributed by atoms with Crippen LogP contribution in [0.4, 0.5) is 5.69 Å². The van der Waals surface area contributed by atoms with Gasteiger partial charge in [0.05, 0.1) is 0 Å². The van der Waals surface area contributed by atoms with E-state index in [1.54, 1.807) is 12.1 Å². The first kappa shape index (κ1) is 9.38. The third kappa shape index (κ3) is 2.00. The van der Waals surface area contributed by atoms with Crippen molar-refractivity contribution in [1.29, 1.82) is 0 Å². The summed E-state index contributed by atoms with van der Waals surface area (Å²) in [6.45, 7) is 4.49. The summed E-state index contributed by atoms with van der Waals surface area (Å²) in [5.74, 6) is 1.98. The molecule has 0 saturated heterocycles. The second kappa shape index (κ2) is 3.52. The Bertz CT molecular complexity index is 324. The maximum atomic E-state index is 9.29. The lowest BCUT2D eigenvalue weighted by atomic mass is 10.1. The molecule has 14 heavy (non-hydrogen) atoms. The molecule has 0 bridgehead atoms. The number of hydrogen-bond acceptors (Lipinski definition) is 2. The second-order valence-corrected chi connectivity index (χ2v) is 4.36. The summed E-state index contributed by atoms with van der Waals surface area (Å²) < 4.78 is 0. The van der Waals surface area contributed by atoms with Crippen LogP contribution in [0.5, 0.6) is 5.75 Å². The third-order valence-corrected chi connectivity index (χ3v) is 3.05. The molecule has 2 N–H and O–H groups in total. The zero-order valence-corrected chi connectivity index (χ0v) is 8.70. The number of nitrogens with one attached hydrogen (secondary N) is 1. The van der Waals surface area contributed by atoms with Crippen molar-refractivity contribution < 1.29 is 5.11 Å². The molecule has 0 heterocycles. The van der Waals surface area contributed by atoms with E-state index in [0.717, 1.165) is 17.5 Å². The normalized spacial score (nSPS) is 27.0. The monoisotopic (exact) mass is 191 g/mol. The summed E-state index contributed by atoms with van der Waals surface area (Å²) in [7, 11) is 0. The van der Waals surface area contributed by atoms with Crippen molar-refractivity contribution in [2.45, 2.75) is 26.3 Å². The molecule has 0 amide bonds. The summed E-state index contributed by atoms with van der Waals surface area (Å²) in [4.78, 5) is 0. The molecule has 0 aliphatic heterocycles. The molecule has 0 aromatic heterocycles. The van der Waals surface area contributed by atoms with Gasteiger partial charge in [0.25, 0.3) is 0 Å². The Hall–Kier alpha value is -1.18. The van der Waals surface area contributed by atoms with Gasteiger partial charge in [-0.15, -0.1) is 0 Å².